The normalized spacial score (nSPS) is 10.8. The second-order valence-corrected chi connectivity index (χ2v) is 6.87. The van der Waals surface area contributed by atoms with Crippen molar-refractivity contribution in [3.8, 4) is 5.75 Å². The van der Waals surface area contributed by atoms with E-state index >= 15 is 0 Å². The van der Waals surface area contributed by atoms with Gasteiger partial charge in [-0.1, -0.05) is 25.1 Å². The Bertz CT molecular complexity index is 964. The van der Waals surface area contributed by atoms with Gasteiger partial charge in [-0.25, -0.2) is 4.98 Å². The smallest absolute Gasteiger partial charge is 0.268 e. The number of methoxy groups -OCH3 is 1. The summed E-state index contributed by atoms with van der Waals surface area (Å²) in [5.41, 5.74) is 1.35. The number of ether oxygens (including phenoxy) is 1. The van der Waals surface area contributed by atoms with Gasteiger partial charge in [-0.15, -0.1) is 11.3 Å². The zero-order chi connectivity index (χ0) is 18.5. The molecule has 1 amide bonds. The number of H-pyrrole nitrogens is 1. The molecule has 0 saturated carbocycles. The van der Waals surface area contributed by atoms with Crippen LogP contribution in [0.25, 0.3) is 10.2 Å². The Morgan fingerprint density at radius 3 is 2.88 bits per heavy atom. The molecule has 3 aromatic rings. The number of thiophene rings is 1. The van der Waals surface area contributed by atoms with Gasteiger partial charge in [0.25, 0.3) is 5.56 Å². The van der Waals surface area contributed by atoms with E-state index in [9.17, 15) is 9.59 Å². The van der Waals surface area contributed by atoms with Crippen molar-refractivity contribution in [3.05, 3.63) is 57.5 Å². The Hall–Kier alpha value is -2.67. The van der Waals surface area contributed by atoms with E-state index < -0.39 is 0 Å². The van der Waals surface area contributed by atoms with Crippen LogP contribution in [0.15, 0.2) is 40.5 Å². The molecule has 26 heavy (non-hydrogen) atoms. The standard InChI is InChI=1S/C19H21N3O3S/c1-3-9-22(17(23)11-13-6-4-5-7-15(13)25-2)12-16-20-14-8-10-26-18(14)19(24)21-16/h4-8,10H,3,9,11-12H2,1-2H3,(H,20,21,24). The molecule has 3 rings (SSSR count). The molecular formula is C19H21N3O3S. The van der Waals surface area contributed by atoms with E-state index in [2.05, 4.69) is 9.97 Å². The topological polar surface area (TPSA) is 75.3 Å². The van der Waals surface area contributed by atoms with Crippen molar-refractivity contribution < 1.29 is 9.53 Å². The fourth-order valence-electron chi connectivity index (χ4n) is 2.86. The van der Waals surface area contributed by atoms with Gasteiger partial charge in [-0.05, 0) is 23.9 Å². The van der Waals surface area contributed by atoms with Crippen molar-refractivity contribution >= 4 is 27.5 Å². The van der Waals surface area contributed by atoms with E-state index in [1.54, 1.807) is 12.0 Å². The van der Waals surface area contributed by atoms with Crippen molar-refractivity contribution in [2.75, 3.05) is 13.7 Å². The van der Waals surface area contributed by atoms with E-state index in [0.717, 1.165) is 12.0 Å². The minimum atomic E-state index is -0.159. The SMILES string of the molecule is CCCN(Cc1nc2ccsc2c(=O)[nH]1)C(=O)Cc1ccccc1OC. The lowest BCUT2D eigenvalue weighted by Crippen LogP contribution is -2.34. The van der Waals surface area contributed by atoms with Crippen molar-refractivity contribution in [1.82, 2.24) is 14.9 Å². The Labute approximate surface area is 155 Å². The Morgan fingerprint density at radius 1 is 1.31 bits per heavy atom. The molecule has 7 heteroatoms. The summed E-state index contributed by atoms with van der Waals surface area (Å²) in [5.74, 6) is 1.18. The van der Waals surface area contributed by atoms with Gasteiger partial charge in [0.15, 0.2) is 0 Å². The number of hydrogen-bond acceptors (Lipinski definition) is 5. The molecule has 0 aliphatic rings. The maximum Gasteiger partial charge on any atom is 0.268 e. The molecule has 2 heterocycles. The minimum Gasteiger partial charge on any atom is -0.496 e. The number of nitrogens with zero attached hydrogens (tertiary/aromatic N) is 2. The first kappa shape index (κ1) is 18.1. The number of aromatic amines is 1. The average Bonchev–Trinajstić information content (AvgIpc) is 3.11. The van der Waals surface area contributed by atoms with E-state index in [-0.39, 0.29) is 24.4 Å². The molecule has 1 N–H and O–H groups in total. The lowest BCUT2D eigenvalue weighted by molar-refractivity contribution is -0.131. The molecule has 0 aliphatic heterocycles. The number of fused-ring (bicyclic) bond motifs is 1. The Kier molecular flexibility index (Phi) is 5.68. The molecule has 6 nitrogen and oxygen atoms in total. The molecule has 0 atom stereocenters. The Balaban J connectivity index is 1.81. The zero-order valence-electron chi connectivity index (χ0n) is 14.8. The van der Waals surface area contributed by atoms with Gasteiger partial charge < -0.3 is 14.6 Å². The van der Waals surface area contributed by atoms with Crippen LogP contribution >= 0.6 is 11.3 Å². The highest BCUT2D eigenvalue weighted by Crippen LogP contribution is 2.19. The number of hydrogen-bond donors (Lipinski definition) is 1. The summed E-state index contributed by atoms with van der Waals surface area (Å²) in [7, 11) is 1.60. The van der Waals surface area contributed by atoms with Crippen LogP contribution in [-0.4, -0.2) is 34.4 Å². The number of carbonyl (C=O) groups is 1. The maximum atomic E-state index is 12.8. The van der Waals surface area contributed by atoms with Crippen LogP contribution in [0.4, 0.5) is 0 Å². The van der Waals surface area contributed by atoms with Gasteiger partial charge in [-0.3, -0.25) is 9.59 Å². The van der Waals surface area contributed by atoms with E-state index in [1.807, 2.05) is 42.6 Å². The molecule has 0 spiro atoms. The van der Waals surface area contributed by atoms with Crippen LogP contribution in [0.1, 0.15) is 24.7 Å². The molecule has 136 valence electrons. The largest absolute Gasteiger partial charge is 0.496 e. The average molecular weight is 371 g/mol. The molecular weight excluding hydrogens is 350 g/mol. The number of rotatable bonds is 7. The summed E-state index contributed by atoms with van der Waals surface area (Å²) in [6, 6.07) is 9.31. The number of benzene rings is 1. The molecule has 0 saturated heterocycles. The zero-order valence-corrected chi connectivity index (χ0v) is 15.6. The van der Waals surface area contributed by atoms with Gasteiger partial charge >= 0.3 is 0 Å². The third-order valence-electron chi connectivity index (χ3n) is 4.08. The summed E-state index contributed by atoms with van der Waals surface area (Å²) in [4.78, 5) is 34.0. The predicted octanol–water partition coefficient (Wildman–Crippen LogP) is 2.97. The summed E-state index contributed by atoms with van der Waals surface area (Å²) < 4.78 is 5.94. The molecule has 1 aromatic carbocycles. The molecule has 0 fully saturated rings. The monoisotopic (exact) mass is 371 g/mol. The third-order valence-corrected chi connectivity index (χ3v) is 4.99. The van der Waals surface area contributed by atoms with Crippen LogP contribution < -0.4 is 10.3 Å². The first-order chi connectivity index (χ1) is 12.6. The number of carbonyl (C=O) groups excluding carboxylic acids is 1. The van der Waals surface area contributed by atoms with Crippen LogP contribution in [0.5, 0.6) is 5.75 Å². The molecule has 2 aromatic heterocycles. The molecule has 0 unspecified atom stereocenters. The first-order valence-electron chi connectivity index (χ1n) is 8.48. The van der Waals surface area contributed by atoms with Crippen LogP contribution in [-0.2, 0) is 17.8 Å². The summed E-state index contributed by atoms with van der Waals surface area (Å²) in [6.07, 6.45) is 1.07. The number of amides is 1. The summed E-state index contributed by atoms with van der Waals surface area (Å²) >= 11 is 1.36. The van der Waals surface area contributed by atoms with Gasteiger partial charge in [0.2, 0.25) is 5.91 Å². The van der Waals surface area contributed by atoms with Crippen LogP contribution in [0, 0.1) is 0 Å². The number of para-hydroxylation sites is 1. The van der Waals surface area contributed by atoms with E-state index in [4.69, 9.17) is 4.74 Å². The van der Waals surface area contributed by atoms with Gasteiger partial charge in [0.1, 0.15) is 16.3 Å². The number of aromatic nitrogens is 2. The second kappa shape index (κ2) is 8.14. The van der Waals surface area contributed by atoms with Crippen molar-refractivity contribution in [2.24, 2.45) is 0 Å². The third kappa shape index (κ3) is 3.94. The fraction of sp³-hybridized carbons (Fsp3) is 0.316. The van der Waals surface area contributed by atoms with Crippen molar-refractivity contribution in [2.45, 2.75) is 26.3 Å². The quantitative estimate of drug-likeness (QED) is 0.693. The van der Waals surface area contributed by atoms with Gasteiger partial charge in [0.05, 0.1) is 25.6 Å². The lowest BCUT2D eigenvalue weighted by atomic mass is 10.1. The fourth-order valence-corrected chi connectivity index (χ4v) is 3.59. The first-order valence-corrected chi connectivity index (χ1v) is 9.36. The van der Waals surface area contributed by atoms with Crippen LogP contribution in [0.3, 0.4) is 0 Å². The Morgan fingerprint density at radius 2 is 2.12 bits per heavy atom. The highest BCUT2D eigenvalue weighted by atomic mass is 32.1. The van der Waals surface area contributed by atoms with Crippen molar-refractivity contribution in [3.63, 3.8) is 0 Å². The predicted molar refractivity (Wildman–Crippen MR) is 103 cm³/mol. The van der Waals surface area contributed by atoms with Gasteiger partial charge in [0, 0.05) is 12.1 Å². The van der Waals surface area contributed by atoms with Crippen molar-refractivity contribution in [1.29, 1.82) is 0 Å². The molecule has 0 aliphatic carbocycles. The number of nitrogens with one attached hydrogen (secondary N) is 1. The minimum absolute atomic E-state index is 0.0237. The molecule has 0 bridgehead atoms. The summed E-state index contributed by atoms with van der Waals surface area (Å²) in [5, 5.41) is 1.84. The van der Waals surface area contributed by atoms with E-state index in [0.29, 0.717) is 28.3 Å². The van der Waals surface area contributed by atoms with Gasteiger partial charge in [-0.2, -0.15) is 0 Å². The molecule has 0 radical (unpaired) electrons. The van der Waals surface area contributed by atoms with Crippen LogP contribution in [0.2, 0.25) is 0 Å². The lowest BCUT2D eigenvalue weighted by Gasteiger charge is -2.22. The maximum absolute atomic E-state index is 12.8. The highest BCUT2D eigenvalue weighted by molar-refractivity contribution is 7.17. The summed E-state index contributed by atoms with van der Waals surface area (Å²) in [6.45, 7) is 2.89. The van der Waals surface area contributed by atoms with E-state index in [1.165, 1.54) is 11.3 Å². The second-order valence-electron chi connectivity index (χ2n) is 5.95. The highest BCUT2D eigenvalue weighted by Gasteiger charge is 2.17.